The minimum Gasteiger partial charge on any atom is -0.444 e. The van der Waals surface area contributed by atoms with Crippen molar-refractivity contribution in [2.24, 2.45) is 0 Å². The Morgan fingerprint density at radius 1 is 1.15 bits per heavy atom. The van der Waals surface area contributed by atoms with Gasteiger partial charge in [0.2, 0.25) is 0 Å². The smallest absolute Gasteiger partial charge is 0.407 e. The van der Waals surface area contributed by atoms with Crippen LogP contribution in [-0.2, 0) is 4.74 Å². The molecule has 0 unspecified atom stereocenters. The van der Waals surface area contributed by atoms with Gasteiger partial charge in [0.15, 0.2) is 5.78 Å². The Kier molecular flexibility index (Phi) is 5.19. The number of hydrogen-bond acceptors (Lipinski definition) is 3. The molecule has 0 aliphatic rings. The maximum atomic E-state index is 12.9. The van der Waals surface area contributed by atoms with Gasteiger partial charge < -0.3 is 10.1 Å². The molecular formula is C14H17F2NO3. The number of carbonyl (C=O) groups is 2. The number of benzene rings is 1. The Balaban J connectivity index is 2.46. The molecule has 0 aliphatic carbocycles. The quantitative estimate of drug-likeness (QED) is 0.865. The summed E-state index contributed by atoms with van der Waals surface area (Å²) in [5, 5.41) is 2.40. The Morgan fingerprint density at radius 2 is 1.70 bits per heavy atom. The van der Waals surface area contributed by atoms with E-state index in [1.807, 2.05) is 0 Å². The van der Waals surface area contributed by atoms with Crippen LogP contribution in [0.4, 0.5) is 13.6 Å². The van der Waals surface area contributed by atoms with Crippen LogP contribution in [0.25, 0.3) is 0 Å². The highest BCUT2D eigenvalue weighted by Gasteiger charge is 2.16. The zero-order valence-corrected chi connectivity index (χ0v) is 11.6. The van der Waals surface area contributed by atoms with E-state index >= 15 is 0 Å². The van der Waals surface area contributed by atoms with E-state index in [0.29, 0.717) is 6.07 Å². The van der Waals surface area contributed by atoms with Gasteiger partial charge in [-0.3, -0.25) is 4.79 Å². The highest BCUT2D eigenvalue weighted by molar-refractivity contribution is 5.96. The van der Waals surface area contributed by atoms with Crippen LogP contribution in [0.3, 0.4) is 0 Å². The second-order valence-electron chi connectivity index (χ2n) is 5.26. The highest BCUT2D eigenvalue weighted by atomic mass is 19.1. The van der Waals surface area contributed by atoms with Crippen molar-refractivity contribution in [2.45, 2.75) is 32.8 Å². The van der Waals surface area contributed by atoms with E-state index in [2.05, 4.69) is 5.32 Å². The molecule has 1 aromatic carbocycles. The number of ketones is 1. The topological polar surface area (TPSA) is 55.4 Å². The Bertz CT molecular complexity index is 489. The number of hydrogen-bond donors (Lipinski definition) is 1. The number of ether oxygens (including phenoxy) is 1. The molecule has 20 heavy (non-hydrogen) atoms. The van der Waals surface area contributed by atoms with Crippen LogP contribution in [0.5, 0.6) is 0 Å². The van der Waals surface area contributed by atoms with Crippen LogP contribution in [0.15, 0.2) is 18.2 Å². The van der Waals surface area contributed by atoms with E-state index in [4.69, 9.17) is 4.74 Å². The third kappa shape index (κ3) is 5.77. The average molecular weight is 285 g/mol. The maximum Gasteiger partial charge on any atom is 0.407 e. The number of nitrogens with one attached hydrogen (secondary N) is 1. The summed E-state index contributed by atoms with van der Waals surface area (Å²) in [6.45, 7) is 5.18. The van der Waals surface area contributed by atoms with E-state index < -0.39 is 29.1 Å². The van der Waals surface area contributed by atoms with Gasteiger partial charge in [-0.15, -0.1) is 0 Å². The molecule has 110 valence electrons. The molecule has 0 spiro atoms. The molecule has 1 aromatic rings. The van der Waals surface area contributed by atoms with Crippen LogP contribution >= 0.6 is 0 Å². The normalized spacial score (nSPS) is 11.1. The van der Waals surface area contributed by atoms with Crippen molar-refractivity contribution in [1.82, 2.24) is 5.32 Å². The molecule has 1 amide bonds. The van der Waals surface area contributed by atoms with Gasteiger partial charge in [-0.25, -0.2) is 13.6 Å². The Hall–Kier alpha value is -1.98. The lowest BCUT2D eigenvalue weighted by Gasteiger charge is -2.19. The molecule has 0 aliphatic heterocycles. The second kappa shape index (κ2) is 6.45. The van der Waals surface area contributed by atoms with Crippen molar-refractivity contribution in [2.75, 3.05) is 6.54 Å². The number of halogens is 2. The summed E-state index contributed by atoms with van der Waals surface area (Å²) in [7, 11) is 0. The first kappa shape index (κ1) is 16.1. The van der Waals surface area contributed by atoms with Gasteiger partial charge in [-0.2, -0.15) is 0 Å². The minimum absolute atomic E-state index is 0.0336. The number of rotatable bonds is 4. The van der Waals surface area contributed by atoms with Crippen LogP contribution in [0.2, 0.25) is 0 Å². The van der Waals surface area contributed by atoms with Crippen molar-refractivity contribution in [1.29, 1.82) is 0 Å². The third-order valence-electron chi connectivity index (χ3n) is 2.20. The molecule has 1 N–H and O–H groups in total. The van der Waals surface area contributed by atoms with Crippen LogP contribution in [-0.4, -0.2) is 24.0 Å². The van der Waals surface area contributed by atoms with Crippen molar-refractivity contribution in [3.63, 3.8) is 0 Å². The van der Waals surface area contributed by atoms with Gasteiger partial charge >= 0.3 is 6.09 Å². The Morgan fingerprint density at radius 3 is 2.20 bits per heavy atom. The molecule has 6 heteroatoms. The van der Waals surface area contributed by atoms with Gasteiger partial charge in [-0.05, 0) is 32.9 Å². The van der Waals surface area contributed by atoms with Gasteiger partial charge in [0.05, 0.1) is 0 Å². The molecule has 0 saturated carbocycles. The molecule has 4 nitrogen and oxygen atoms in total. The third-order valence-corrected chi connectivity index (χ3v) is 2.20. The van der Waals surface area contributed by atoms with Crippen molar-refractivity contribution >= 4 is 11.9 Å². The number of Topliss-reactive ketones (excluding diaryl/α,β-unsaturated/α-hetero) is 1. The predicted molar refractivity (Wildman–Crippen MR) is 69.5 cm³/mol. The summed E-state index contributed by atoms with van der Waals surface area (Å²) in [6.07, 6.45) is -0.710. The SMILES string of the molecule is CC(C)(C)OC(=O)NCCC(=O)c1cc(F)cc(F)c1. The molecule has 1 rings (SSSR count). The summed E-state index contributed by atoms with van der Waals surface area (Å²) >= 11 is 0. The summed E-state index contributed by atoms with van der Waals surface area (Å²) in [5.41, 5.74) is -0.687. The standard InChI is InChI=1S/C14H17F2NO3/c1-14(2,3)20-13(19)17-5-4-12(18)9-6-10(15)8-11(16)7-9/h6-8H,4-5H2,1-3H3,(H,17,19). The van der Waals surface area contributed by atoms with E-state index in [0.717, 1.165) is 12.1 Å². The van der Waals surface area contributed by atoms with E-state index in [-0.39, 0.29) is 18.5 Å². The molecule has 0 atom stereocenters. The van der Waals surface area contributed by atoms with Gasteiger partial charge in [0.25, 0.3) is 0 Å². The zero-order chi connectivity index (χ0) is 15.3. The lowest BCUT2D eigenvalue weighted by molar-refractivity contribution is 0.0527. The predicted octanol–water partition coefficient (Wildman–Crippen LogP) is 3.06. The molecular weight excluding hydrogens is 268 g/mol. The molecule has 0 bridgehead atoms. The van der Waals surface area contributed by atoms with E-state index in [9.17, 15) is 18.4 Å². The number of amides is 1. The Labute approximate surface area is 116 Å². The van der Waals surface area contributed by atoms with Crippen molar-refractivity contribution in [3.05, 3.63) is 35.4 Å². The van der Waals surface area contributed by atoms with Gasteiger partial charge in [-0.1, -0.05) is 0 Å². The van der Waals surface area contributed by atoms with Gasteiger partial charge in [0.1, 0.15) is 17.2 Å². The minimum atomic E-state index is -0.812. The van der Waals surface area contributed by atoms with Crippen LogP contribution in [0.1, 0.15) is 37.6 Å². The van der Waals surface area contributed by atoms with E-state index in [1.165, 1.54) is 0 Å². The first-order valence-electron chi connectivity index (χ1n) is 6.13. The monoisotopic (exact) mass is 285 g/mol. The average Bonchev–Trinajstić information content (AvgIpc) is 2.24. The lowest BCUT2D eigenvalue weighted by Crippen LogP contribution is -2.33. The van der Waals surface area contributed by atoms with E-state index in [1.54, 1.807) is 20.8 Å². The van der Waals surface area contributed by atoms with Crippen LogP contribution in [0, 0.1) is 11.6 Å². The fourth-order valence-electron chi connectivity index (χ4n) is 1.45. The largest absolute Gasteiger partial charge is 0.444 e. The molecule has 0 saturated heterocycles. The van der Waals surface area contributed by atoms with Gasteiger partial charge in [0, 0.05) is 24.6 Å². The summed E-state index contributed by atoms with van der Waals surface area (Å²) in [4.78, 5) is 23.0. The second-order valence-corrected chi connectivity index (χ2v) is 5.26. The lowest BCUT2D eigenvalue weighted by atomic mass is 10.1. The maximum absolute atomic E-state index is 12.9. The summed E-state index contributed by atoms with van der Waals surface area (Å²) in [6, 6.07) is 2.60. The first-order chi connectivity index (χ1) is 9.17. The first-order valence-corrected chi connectivity index (χ1v) is 6.13. The number of alkyl carbamates (subject to hydrolysis) is 1. The van der Waals surface area contributed by atoms with Crippen molar-refractivity contribution in [3.8, 4) is 0 Å². The fraction of sp³-hybridized carbons (Fsp3) is 0.429. The molecule has 0 fully saturated rings. The number of carbonyl (C=O) groups excluding carboxylic acids is 2. The molecule has 0 aromatic heterocycles. The summed E-state index contributed by atoms with van der Waals surface area (Å²) in [5.74, 6) is -2.08. The molecule has 0 radical (unpaired) electrons. The van der Waals surface area contributed by atoms with Crippen LogP contribution < -0.4 is 5.32 Å². The zero-order valence-electron chi connectivity index (χ0n) is 11.6. The van der Waals surface area contributed by atoms with Crippen molar-refractivity contribution < 1.29 is 23.1 Å². The summed E-state index contributed by atoms with van der Waals surface area (Å²) < 4.78 is 30.9. The fourth-order valence-corrected chi connectivity index (χ4v) is 1.45. The molecule has 0 heterocycles. The highest BCUT2D eigenvalue weighted by Crippen LogP contribution is 2.10.